The van der Waals surface area contributed by atoms with E-state index in [9.17, 15) is 8.42 Å². The zero-order valence-electron chi connectivity index (χ0n) is 11.8. The van der Waals surface area contributed by atoms with Gasteiger partial charge in [0.1, 0.15) is 11.6 Å². The van der Waals surface area contributed by atoms with Crippen LogP contribution in [0.25, 0.3) is 0 Å². The van der Waals surface area contributed by atoms with E-state index >= 15 is 0 Å². The fraction of sp³-hybridized carbons (Fsp3) is 0.214. The Kier molecular flexibility index (Phi) is 4.53. The summed E-state index contributed by atoms with van der Waals surface area (Å²) < 4.78 is 33.5. The summed E-state index contributed by atoms with van der Waals surface area (Å²) in [5.41, 5.74) is 1.24. The third-order valence-corrected chi connectivity index (χ3v) is 5.05. The molecule has 0 aliphatic carbocycles. The van der Waals surface area contributed by atoms with E-state index in [1.165, 1.54) is 6.20 Å². The molecule has 21 heavy (non-hydrogen) atoms. The Morgan fingerprint density at radius 3 is 2.33 bits per heavy atom. The number of nitrogens with one attached hydrogen (secondary N) is 1. The Hall–Kier alpha value is -1.60. The van der Waals surface area contributed by atoms with E-state index in [1.54, 1.807) is 45.2 Å². The lowest BCUT2D eigenvalue weighted by atomic mass is 10.1. The van der Waals surface area contributed by atoms with Crippen LogP contribution in [-0.2, 0) is 10.0 Å². The Bertz CT molecular complexity index is 753. The molecule has 5 nitrogen and oxygen atoms in total. The Morgan fingerprint density at radius 2 is 1.81 bits per heavy atom. The Labute approximate surface area is 132 Å². The van der Waals surface area contributed by atoms with Crippen molar-refractivity contribution >= 4 is 31.8 Å². The topological polar surface area (TPSA) is 68.3 Å². The molecule has 7 heteroatoms. The molecule has 0 spiro atoms. The average molecular weight is 371 g/mol. The summed E-state index contributed by atoms with van der Waals surface area (Å²) in [4.78, 5) is 4.24. The van der Waals surface area contributed by atoms with Crippen LogP contribution in [0.5, 0.6) is 5.75 Å². The van der Waals surface area contributed by atoms with Crippen LogP contribution in [0.2, 0.25) is 0 Å². The molecule has 0 aliphatic rings. The van der Waals surface area contributed by atoms with E-state index in [0.29, 0.717) is 16.9 Å². The SMILES string of the molecule is COc1cc(C)c(S(=O)(=O)Nc2cc(Br)ccn2)c(C)c1. The van der Waals surface area contributed by atoms with Crippen LogP contribution in [0, 0.1) is 13.8 Å². The van der Waals surface area contributed by atoms with Gasteiger partial charge in [-0.3, -0.25) is 4.72 Å². The van der Waals surface area contributed by atoms with E-state index in [0.717, 1.165) is 4.47 Å². The number of pyridine rings is 1. The molecular formula is C14H15BrN2O3S. The first-order valence-electron chi connectivity index (χ1n) is 6.13. The van der Waals surface area contributed by atoms with Gasteiger partial charge in [-0.15, -0.1) is 0 Å². The summed E-state index contributed by atoms with van der Waals surface area (Å²) in [6, 6.07) is 6.71. The van der Waals surface area contributed by atoms with Gasteiger partial charge in [-0.25, -0.2) is 13.4 Å². The van der Waals surface area contributed by atoms with Crippen LogP contribution in [0.1, 0.15) is 11.1 Å². The third kappa shape index (κ3) is 3.54. The van der Waals surface area contributed by atoms with Crippen LogP contribution in [0.15, 0.2) is 39.8 Å². The highest BCUT2D eigenvalue weighted by Crippen LogP contribution is 2.27. The standard InChI is InChI=1S/C14H15BrN2O3S/c1-9-6-12(20-3)7-10(2)14(9)21(18,19)17-13-8-11(15)4-5-16-13/h4-8H,1-3H3,(H,16,17). The minimum Gasteiger partial charge on any atom is -0.497 e. The number of halogens is 1. The van der Waals surface area contributed by atoms with Crippen molar-refractivity contribution in [2.45, 2.75) is 18.7 Å². The molecule has 0 fully saturated rings. The summed E-state index contributed by atoms with van der Waals surface area (Å²) in [5, 5.41) is 0. The second-order valence-corrected chi connectivity index (χ2v) is 7.09. The summed E-state index contributed by atoms with van der Waals surface area (Å²) in [5.74, 6) is 0.892. The largest absolute Gasteiger partial charge is 0.497 e. The van der Waals surface area contributed by atoms with Gasteiger partial charge >= 0.3 is 0 Å². The number of anilines is 1. The van der Waals surface area contributed by atoms with Gasteiger partial charge < -0.3 is 4.74 Å². The van der Waals surface area contributed by atoms with Crippen molar-refractivity contribution in [2.24, 2.45) is 0 Å². The molecule has 1 aromatic carbocycles. The van der Waals surface area contributed by atoms with Gasteiger partial charge in [0.05, 0.1) is 12.0 Å². The molecular weight excluding hydrogens is 356 g/mol. The maximum absolute atomic E-state index is 12.5. The van der Waals surface area contributed by atoms with Gasteiger partial charge in [0.15, 0.2) is 0 Å². The molecule has 2 aromatic rings. The van der Waals surface area contributed by atoms with Crippen molar-refractivity contribution < 1.29 is 13.2 Å². The van der Waals surface area contributed by atoms with E-state index < -0.39 is 10.0 Å². The van der Waals surface area contributed by atoms with E-state index in [-0.39, 0.29) is 10.7 Å². The molecule has 0 radical (unpaired) electrons. The maximum Gasteiger partial charge on any atom is 0.263 e. The van der Waals surface area contributed by atoms with Crippen LogP contribution in [0.4, 0.5) is 5.82 Å². The lowest BCUT2D eigenvalue weighted by molar-refractivity contribution is 0.413. The molecule has 1 aromatic heterocycles. The first-order chi connectivity index (χ1) is 9.83. The molecule has 0 unspecified atom stereocenters. The third-order valence-electron chi connectivity index (χ3n) is 2.90. The fourth-order valence-corrected chi connectivity index (χ4v) is 3.89. The molecule has 0 bridgehead atoms. The highest BCUT2D eigenvalue weighted by molar-refractivity contribution is 9.10. The summed E-state index contributed by atoms with van der Waals surface area (Å²) in [6.07, 6.45) is 1.52. The van der Waals surface area contributed by atoms with Gasteiger partial charge in [-0.05, 0) is 49.2 Å². The smallest absolute Gasteiger partial charge is 0.263 e. The van der Waals surface area contributed by atoms with Crippen LogP contribution < -0.4 is 9.46 Å². The first-order valence-corrected chi connectivity index (χ1v) is 8.40. The molecule has 1 heterocycles. The second kappa shape index (κ2) is 6.03. The molecule has 0 aliphatic heterocycles. The number of aryl methyl sites for hydroxylation is 2. The van der Waals surface area contributed by atoms with Gasteiger partial charge in [0.2, 0.25) is 0 Å². The molecule has 0 amide bonds. The van der Waals surface area contributed by atoms with E-state index in [4.69, 9.17) is 4.74 Å². The fourth-order valence-electron chi connectivity index (χ4n) is 2.10. The Balaban J connectivity index is 2.45. The second-order valence-electron chi connectivity index (χ2n) is 4.56. The summed E-state index contributed by atoms with van der Waals surface area (Å²) in [6.45, 7) is 3.47. The molecule has 0 saturated carbocycles. The van der Waals surface area contributed by atoms with Crippen molar-refractivity contribution in [3.8, 4) is 5.75 Å². The molecule has 112 valence electrons. The number of hydrogen-bond donors (Lipinski definition) is 1. The van der Waals surface area contributed by atoms with Crippen LogP contribution in [-0.4, -0.2) is 20.5 Å². The highest BCUT2D eigenvalue weighted by atomic mass is 79.9. The summed E-state index contributed by atoms with van der Waals surface area (Å²) >= 11 is 3.28. The average Bonchev–Trinajstić information content (AvgIpc) is 2.36. The molecule has 2 rings (SSSR count). The van der Waals surface area contributed by atoms with E-state index in [1.807, 2.05) is 0 Å². The number of benzene rings is 1. The number of methoxy groups -OCH3 is 1. The minimum absolute atomic E-state index is 0.241. The first kappa shape index (κ1) is 15.8. The quantitative estimate of drug-likeness (QED) is 0.896. The minimum atomic E-state index is -3.71. The lowest BCUT2D eigenvalue weighted by Gasteiger charge is -2.14. The highest BCUT2D eigenvalue weighted by Gasteiger charge is 2.21. The zero-order valence-corrected chi connectivity index (χ0v) is 14.2. The van der Waals surface area contributed by atoms with Crippen molar-refractivity contribution in [1.29, 1.82) is 0 Å². The number of rotatable bonds is 4. The normalized spacial score (nSPS) is 11.2. The van der Waals surface area contributed by atoms with E-state index in [2.05, 4.69) is 25.6 Å². The molecule has 0 saturated heterocycles. The maximum atomic E-state index is 12.5. The van der Waals surface area contributed by atoms with Crippen LogP contribution >= 0.6 is 15.9 Å². The molecule has 1 N–H and O–H groups in total. The lowest BCUT2D eigenvalue weighted by Crippen LogP contribution is -2.16. The van der Waals surface area contributed by atoms with Gasteiger partial charge in [-0.2, -0.15) is 0 Å². The van der Waals surface area contributed by atoms with Crippen molar-refractivity contribution in [2.75, 3.05) is 11.8 Å². The van der Waals surface area contributed by atoms with Gasteiger partial charge in [0.25, 0.3) is 10.0 Å². The predicted molar refractivity (Wildman–Crippen MR) is 85.2 cm³/mol. The van der Waals surface area contributed by atoms with Crippen LogP contribution in [0.3, 0.4) is 0 Å². The van der Waals surface area contributed by atoms with Gasteiger partial charge in [0, 0.05) is 10.7 Å². The monoisotopic (exact) mass is 370 g/mol. The van der Waals surface area contributed by atoms with Crippen molar-refractivity contribution in [3.05, 3.63) is 46.1 Å². The zero-order chi connectivity index (χ0) is 15.6. The number of sulfonamides is 1. The molecule has 0 atom stereocenters. The number of nitrogens with zero attached hydrogens (tertiary/aromatic N) is 1. The Morgan fingerprint density at radius 1 is 1.19 bits per heavy atom. The van der Waals surface area contributed by atoms with Crippen molar-refractivity contribution in [1.82, 2.24) is 4.98 Å². The number of hydrogen-bond acceptors (Lipinski definition) is 4. The number of ether oxygens (including phenoxy) is 1. The number of aromatic nitrogens is 1. The predicted octanol–water partition coefficient (Wildman–Crippen LogP) is 3.27. The van der Waals surface area contributed by atoms with Crippen molar-refractivity contribution in [3.63, 3.8) is 0 Å². The van der Waals surface area contributed by atoms with Gasteiger partial charge in [-0.1, -0.05) is 15.9 Å². The summed E-state index contributed by atoms with van der Waals surface area (Å²) in [7, 11) is -2.16.